The van der Waals surface area contributed by atoms with Gasteiger partial charge >= 0.3 is 0 Å². The first-order chi connectivity index (χ1) is 17.9. The second kappa shape index (κ2) is 10.9. The monoisotopic (exact) mass is 502 g/mol. The summed E-state index contributed by atoms with van der Waals surface area (Å²) in [6.45, 7) is 7.31. The molecule has 0 unspecified atom stereocenters. The zero-order valence-corrected chi connectivity index (χ0v) is 21.9. The fraction of sp³-hybridized carbons (Fsp3) is 0.448. The molecule has 0 saturated heterocycles. The minimum atomic E-state index is -0.262. The Kier molecular flexibility index (Phi) is 7.46. The van der Waals surface area contributed by atoms with Crippen LogP contribution in [0.1, 0.15) is 79.6 Å². The number of hydrogen-bond donors (Lipinski definition) is 1. The maximum atomic E-state index is 13.4. The number of aromatic nitrogens is 5. The minimum absolute atomic E-state index is 0.0441. The molecule has 1 aliphatic carbocycles. The normalized spacial score (nSPS) is 15.5. The van der Waals surface area contributed by atoms with Gasteiger partial charge in [-0.1, -0.05) is 38.3 Å². The molecule has 1 atom stereocenters. The molecule has 0 bridgehead atoms. The van der Waals surface area contributed by atoms with Crippen LogP contribution in [-0.2, 0) is 13.1 Å². The third-order valence-corrected chi connectivity index (χ3v) is 7.82. The number of aromatic amines is 1. The second-order valence-electron chi connectivity index (χ2n) is 10.4. The maximum absolute atomic E-state index is 13.4. The average molecular weight is 503 g/mol. The van der Waals surface area contributed by atoms with Crippen molar-refractivity contribution in [1.29, 1.82) is 0 Å². The van der Waals surface area contributed by atoms with Crippen LogP contribution >= 0.6 is 0 Å². The van der Waals surface area contributed by atoms with Gasteiger partial charge in [-0.25, -0.2) is 9.07 Å². The summed E-state index contributed by atoms with van der Waals surface area (Å²) in [5.41, 5.74) is 4.90. The molecular weight excluding hydrogens is 467 g/mol. The van der Waals surface area contributed by atoms with E-state index in [2.05, 4.69) is 52.2 Å². The summed E-state index contributed by atoms with van der Waals surface area (Å²) in [5.74, 6) is 0.516. The highest BCUT2D eigenvalue weighted by Gasteiger charge is 2.32. The van der Waals surface area contributed by atoms with Crippen LogP contribution in [-0.4, -0.2) is 36.1 Å². The van der Waals surface area contributed by atoms with Crippen molar-refractivity contribution in [2.75, 3.05) is 0 Å². The minimum Gasteiger partial charge on any atom is -0.322 e. The molecule has 5 rings (SSSR count). The molecule has 0 amide bonds. The molecule has 1 saturated carbocycles. The molecule has 2 aromatic carbocycles. The van der Waals surface area contributed by atoms with Crippen molar-refractivity contribution in [2.24, 2.45) is 0 Å². The van der Waals surface area contributed by atoms with Gasteiger partial charge < -0.3 is 4.98 Å². The molecule has 1 fully saturated rings. The number of nitrogens with one attached hydrogen (secondary N) is 1. The molecule has 8 heteroatoms. The van der Waals surface area contributed by atoms with E-state index in [-0.39, 0.29) is 17.4 Å². The molecule has 2 heterocycles. The first-order valence-corrected chi connectivity index (χ1v) is 13.3. The van der Waals surface area contributed by atoms with E-state index in [1.54, 1.807) is 12.1 Å². The third kappa shape index (κ3) is 5.49. The summed E-state index contributed by atoms with van der Waals surface area (Å²) in [5, 5.41) is 13.8. The van der Waals surface area contributed by atoms with E-state index in [4.69, 9.17) is 0 Å². The Morgan fingerprint density at radius 3 is 2.54 bits per heavy atom. The fourth-order valence-corrected chi connectivity index (χ4v) is 5.63. The van der Waals surface area contributed by atoms with E-state index in [9.17, 15) is 9.18 Å². The first kappa shape index (κ1) is 25.3. The van der Waals surface area contributed by atoms with Crippen LogP contribution in [0.25, 0.3) is 10.9 Å². The van der Waals surface area contributed by atoms with Gasteiger partial charge in [0.2, 0.25) is 0 Å². The van der Waals surface area contributed by atoms with Crippen molar-refractivity contribution in [2.45, 2.75) is 84.5 Å². The zero-order chi connectivity index (χ0) is 25.9. The molecule has 7 nitrogen and oxygen atoms in total. The number of H-pyrrole nitrogens is 1. The van der Waals surface area contributed by atoms with Crippen LogP contribution in [0.3, 0.4) is 0 Å². The molecule has 194 valence electrons. The number of fused-ring (bicyclic) bond motifs is 1. The Hall–Kier alpha value is -3.39. The van der Waals surface area contributed by atoms with Gasteiger partial charge in [0.1, 0.15) is 5.82 Å². The lowest BCUT2D eigenvalue weighted by atomic mass is 9.92. The van der Waals surface area contributed by atoms with Crippen molar-refractivity contribution < 1.29 is 4.39 Å². The number of nitrogens with zero attached hydrogens (tertiary/aromatic N) is 5. The third-order valence-electron chi connectivity index (χ3n) is 7.82. The van der Waals surface area contributed by atoms with Gasteiger partial charge in [-0.2, -0.15) is 0 Å². The molecule has 0 radical (unpaired) electrons. The predicted molar refractivity (Wildman–Crippen MR) is 143 cm³/mol. The van der Waals surface area contributed by atoms with Gasteiger partial charge in [0.15, 0.2) is 5.82 Å². The zero-order valence-electron chi connectivity index (χ0n) is 21.9. The number of aryl methyl sites for hydroxylation is 2. The van der Waals surface area contributed by atoms with E-state index >= 15 is 0 Å². The molecule has 0 aliphatic heterocycles. The number of hydrogen-bond acceptors (Lipinski definition) is 5. The molecule has 37 heavy (non-hydrogen) atoms. The lowest BCUT2D eigenvalue weighted by Crippen LogP contribution is -2.41. The van der Waals surface area contributed by atoms with Crippen molar-refractivity contribution in [1.82, 2.24) is 30.1 Å². The number of rotatable bonds is 8. The summed E-state index contributed by atoms with van der Waals surface area (Å²) < 4.78 is 15.2. The highest BCUT2D eigenvalue weighted by Crippen LogP contribution is 2.33. The Bertz CT molecular complexity index is 1420. The second-order valence-corrected chi connectivity index (χ2v) is 10.4. The highest BCUT2D eigenvalue weighted by atomic mass is 19.1. The summed E-state index contributed by atoms with van der Waals surface area (Å²) in [7, 11) is 0. The van der Waals surface area contributed by atoms with Crippen LogP contribution in [0.5, 0.6) is 0 Å². The summed E-state index contributed by atoms with van der Waals surface area (Å²) in [4.78, 5) is 18.8. The van der Waals surface area contributed by atoms with Crippen molar-refractivity contribution in [3.8, 4) is 0 Å². The number of benzene rings is 2. The predicted octanol–water partition coefficient (Wildman–Crippen LogP) is 5.60. The smallest absolute Gasteiger partial charge is 0.252 e. The lowest BCUT2D eigenvalue weighted by molar-refractivity contribution is 0.0844. The van der Waals surface area contributed by atoms with Crippen molar-refractivity contribution in [3.05, 3.63) is 86.7 Å². The molecular formula is C29H35FN6O. The fourth-order valence-electron chi connectivity index (χ4n) is 5.63. The molecule has 0 spiro atoms. The lowest BCUT2D eigenvalue weighted by Gasteiger charge is -2.39. The van der Waals surface area contributed by atoms with Gasteiger partial charge in [-0.15, -0.1) is 5.10 Å². The van der Waals surface area contributed by atoms with Gasteiger partial charge in [-0.3, -0.25) is 9.69 Å². The van der Waals surface area contributed by atoms with Crippen LogP contribution in [0.4, 0.5) is 4.39 Å². The Morgan fingerprint density at radius 2 is 1.81 bits per heavy atom. The number of tetrazole rings is 1. The first-order valence-electron chi connectivity index (χ1n) is 13.3. The molecule has 4 aromatic rings. The van der Waals surface area contributed by atoms with Gasteiger partial charge in [0.05, 0.1) is 12.6 Å². The van der Waals surface area contributed by atoms with Crippen LogP contribution < -0.4 is 5.56 Å². The quantitative estimate of drug-likeness (QED) is 0.339. The largest absolute Gasteiger partial charge is 0.322 e. The summed E-state index contributed by atoms with van der Waals surface area (Å²) in [6, 6.07) is 13.0. The SMILES string of the molecule is CC[C@@H](c1nnnn1Cc1ccc(F)cc1)N(Cc1cc2cc(C)c(C)cc2[nH]c1=O)C1CCCCC1. The Labute approximate surface area is 216 Å². The van der Waals surface area contributed by atoms with E-state index in [1.165, 1.54) is 42.5 Å². The van der Waals surface area contributed by atoms with Gasteiger partial charge in [0, 0.05) is 23.7 Å². The maximum Gasteiger partial charge on any atom is 0.252 e. The summed E-state index contributed by atoms with van der Waals surface area (Å²) >= 11 is 0. The Morgan fingerprint density at radius 1 is 1.08 bits per heavy atom. The van der Waals surface area contributed by atoms with Gasteiger partial charge in [0.25, 0.3) is 5.56 Å². The number of halogens is 1. The van der Waals surface area contributed by atoms with Crippen LogP contribution in [0.15, 0.2) is 47.3 Å². The standard InChI is InChI=1S/C29H35FN6O/c1-4-27(28-32-33-34-36(28)17-21-10-12-24(30)13-11-21)35(25-8-6-5-7-9-25)18-23-16-22-14-19(2)20(3)15-26(22)31-29(23)37/h10-16,25,27H,4-9,17-18H2,1-3H3,(H,31,37)/t27-/m0/s1. The Balaban J connectivity index is 1.50. The highest BCUT2D eigenvalue weighted by molar-refractivity contribution is 5.80. The van der Waals surface area contributed by atoms with Crippen LogP contribution in [0, 0.1) is 19.7 Å². The van der Waals surface area contributed by atoms with E-state index in [1.807, 2.05) is 16.8 Å². The summed E-state index contributed by atoms with van der Waals surface area (Å²) in [6.07, 6.45) is 6.62. The van der Waals surface area contributed by atoms with Crippen molar-refractivity contribution >= 4 is 10.9 Å². The van der Waals surface area contributed by atoms with Crippen LogP contribution in [0.2, 0.25) is 0 Å². The molecule has 1 aliphatic rings. The van der Waals surface area contributed by atoms with E-state index < -0.39 is 0 Å². The van der Waals surface area contributed by atoms with E-state index in [0.717, 1.165) is 47.1 Å². The number of pyridine rings is 1. The molecule has 2 aromatic heterocycles. The van der Waals surface area contributed by atoms with Crippen molar-refractivity contribution in [3.63, 3.8) is 0 Å². The van der Waals surface area contributed by atoms with Gasteiger partial charge in [-0.05, 0) is 95.9 Å². The topological polar surface area (TPSA) is 79.7 Å². The molecule has 1 N–H and O–H groups in total. The average Bonchev–Trinajstić information content (AvgIpc) is 3.35. The van der Waals surface area contributed by atoms with E-state index in [0.29, 0.717) is 19.1 Å².